The monoisotopic (exact) mass is 368 g/mol. The number of rotatable bonds is 4. The summed E-state index contributed by atoms with van der Waals surface area (Å²) in [4.78, 5) is 19.5. The molecule has 1 unspecified atom stereocenters. The summed E-state index contributed by atoms with van der Waals surface area (Å²) in [5, 5.41) is 6.14. The van der Waals surface area contributed by atoms with Gasteiger partial charge in [0.1, 0.15) is 0 Å². The molecule has 5 nitrogen and oxygen atoms in total. The van der Waals surface area contributed by atoms with Crippen LogP contribution in [0.25, 0.3) is 0 Å². The van der Waals surface area contributed by atoms with Crippen molar-refractivity contribution in [1.82, 2.24) is 4.98 Å². The number of anilines is 2. The van der Waals surface area contributed by atoms with E-state index < -0.39 is 5.41 Å². The number of pyridine rings is 1. The van der Waals surface area contributed by atoms with E-state index in [1.165, 1.54) is 5.56 Å². The van der Waals surface area contributed by atoms with Crippen molar-refractivity contribution < 1.29 is 4.79 Å². The van der Waals surface area contributed by atoms with Gasteiger partial charge in [0, 0.05) is 19.0 Å². The second-order valence-corrected chi connectivity index (χ2v) is 7.77. The van der Waals surface area contributed by atoms with E-state index >= 15 is 0 Å². The van der Waals surface area contributed by atoms with Crippen LogP contribution in [0.15, 0.2) is 47.7 Å². The molecule has 0 spiro atoms. The Hall–Kier alpha value is -2.40. The molecule has 0 radical (unpaired) electrons. The standard InChI is InChI=1S/C20H21ClN4O/c1-20(2)18-17(16(8-10-22-18)25-13-15(21)12-23-25)24(19(20)26)11-9-14-6-4-3-5-7-14/h3-8,10,12,15H,9,11,13H2,1-2H3. The minimum absolute atomic E-state index is 0.0778. The van der Waals surface area contributed by atoms with Crippen LogP contribution in [0, 0.1) is 0 Å². The normalized spacial score (nSPS) is 20.7. The zero-order chi connectivity index (χ0) is 18.3. The molecule has 0 N–H and O–H groups in total. The van der Waals surface area contributed by atoms with Crippen LogP contribution in [-0.4, -0.2) is 35.6 Å². The Kier molecular flexibility index (Phi) is 4.19. The Morgan fingerprint density at radius 1 is 1.23 bits per heavy atom. The first kappa shape index (κ1) is 17.0. The van der Waals surface area contributed by atoms with Crippen molar-refractivity contribution in [2.45, 2.75) is 31.1 Å². The number of amides is 1. The molecule has 1 amide bonds. The third-order valence-electron chi connectivity index (χ3n) is 5.00. The number of carbonyl (C=O) groups is 1. The number of hydrazone groups is 1. The average Bonchev–Trinajstić information content (AvgIpc) is 3.15. The molecule has 1 atom stereocenters. The van der Waals surface area contributed by atoms with E-state index in [0.29, 0.717) is 13.1 Å². The summed E-state index contributed by atoms with van der Waals surface area (Å²) in [5.41, 5.74) is 3.12. The maximum absolute atomic E-state index is 13.1. The molecular weight excluding hydrogens is 348 g/mol. The zero-order valence-electron chi connectivity index (χ0n) is 14.9. The van der Waals surface area contributed by atoms with Gasteiger partial charge in [-0.3, -0.25) is 14.8 Å². The van der Waals surface area contributed by atoms with Gasteiger partial charge in [0.25, 0.3) is 0 Å². The van der Waals surface area contributed by atoms with Crippen LogP contribution < -0.4 is 9.91 Å². The second kappa shape index (κ2) is 6.40. The number of benzene rings is 1. The van der Waals surface area contributed by atoms with E-state index in [4.69, 9.17) is 11.6 Å². The number of nitrogens with zero attached hydrogens (tertiary/aromatic N) is 4. The fourth-order valence-corrected chi connectivity index (χ4v) is 3.77. The van der Waals surface area contributed by atoms with Gasteiger partial charge in [-0.2, -0.15) is 5.10 Å². The number of fused-ring (bicyclic) bond motifs is 1. The van der Waals surface area contributed by atoms with Gasteiger partial charge in [0.2, 0.25) is 5.91 Å². The van der Waals surface area contributed by atoms with Crippen molar-refractivity contribution in [3.63, 3.8) is 0 Å². The van der Waals surface area contributed by atoms with Crippen molar-refractivity contribution in [2.24, 2.45) is 5.10 Å². The number of aromatic nitrogens is 1. The topological polar surface area (TPSA) is 48.8 Å². The lowest BCUT2D eigenvalue weighted by molar-refractivity contribution is -0.122. The van der Waals surface area contributed by atoms with Gasteiger partial charge in [0.15, 0.2) is 0 Å². The molecule has 0 fully saturated rings. The third kappa shape index (κ3) is 2.76. The number of halogens is 1. The van der Waals surface area contributed by atoms with Gasteiger partial charge in [-0.25, -0.2) is 0 Å². The second-order valence-electron chi connectivity index (χ2n) is 7.21. The van der Waals surface area contributed by atoms with Gasteiger partial charge in [-0.15, -0.1) is 11.6 Å². The summed E-state index contributed by atoms with van der Waals surface area (Å²) in [6.45, 7) is 5.08. The predicted molar refractivity (Wildman–Crippen MR) is 105 cm³/mol. The van der Waals surface area contributed by atoms with Crippen LogP contribution in [0.3, 0.4) is 0 Å². The molecule has 2 aliphatic heterocycles. The Morgan fingerprint density at radius 2 is 2.00 bits per heavy atom. The number of carbonyl (C=O) groups excluding carboxylic acids is 1. The fraction of sp³-hybridized carbons (Fsp3) is 0.350. The SMILES string of the molecule is CC1(C)C(=O)N(CCc2ccccc2)c2c(N3CC(Cl)C=N3)ccnc21. The molecule has 4 rings (SSSR count). The van der Waals surface area contributed by atoms with Gasteiger partial charge in [-0.05, 0) is 31.9 Å². The molecule has 2 aromatic rings. The predicted octanol–water partition coefficient (Wildman–Crippen LogP) is 3.36. The van der Waals surface area contributed by atoms with E-state index in [0.717, 1.165) is 23.5 Å². The highest BCUT2D eigenvalue weighted by molar-refractivity contribution is 6.29. The highest BCUT2D eigenvalue weighted by Crippen LogP contribution is 2.46. The molecular formula is C20H21ClN4O. The number of alkyl halides is 1. The summed E-state index contributed by atoms with van der Waals surface area (Å²) in [5.74, 6) is 0.0778. The van der Waals surface area contributed by atoms with Crippen LogP contribution in [0.2, 0.25) is 0 Å². The van der Waals surface area contributed by atoms with E-state index in [9.17, 15) is 4.79 Å². The Labute approximate surface area is 158 Å². The Bertz CT molecular complexity index is 865. The lowest BCUT2D eigenvalue weighted by Crippen LogP contribution is -2.37. The molecule has 3 heterocycles. The third-order valence-corrected chi connectivity index (χ3v) is 5.26. The van der Waals surface area contributed by atoms with Crippen LogP contribution in [0.1, 0.15) is 25.1 Å². The van der Waals surface area contributed by atoms with Gasteiger partial charge in [0.05, 0.1) is 34.4 Å². The largest absolute Gasteiger partial charge is 0.308 e. The summed E-state index contributed by atoms with van der Waals surface area (Å²) in [6, 6.07) is 12.1. The molecule has 2 aliphatic rings. The maximum atomic E-state index is 13.1. The van der Waals surface area contributed by atoms with E-state index in [1.807, 2.05) is 48.0 Å². The zero-order valence-corrected chi connectivity index (χ0v) is 15.6. The molecule has 0 bridgehead atoms. The minimum atomic E-state index is -0.647. The smallest absolute Gasteiger partial charge is 0.238 e. The van der Waals surface area contributed by atoms with Crippen molar-refractivity contribution in [3.05, 3.63) is 53.9 Å². The van der Waals surface area contributed by atoms with E-state index in [2.05, 4.69) is 22.2 Å². The maximum Gasteiger partial charge on any atom is 0.238 e. The minimum Gasteiger partial charge on any atom is -0.308 e. The average molecular weight is 369 g/mol. The van der Waals surface area contributed by atoms with Crippen LogP contribution in [0.4, 0.5) is 11.4 Å². The first-order valence-electron chi connectivity index (χ1n) is 8.79. The van der Waals surface area contributed by atoms with Crippen molar-refractivity contribution >= 4 is 35.1 Å². The molecule has 6 heteroatoms. The fourth-order valence-electron chi connectivity index (χ4n) is 3.59. The number of hydrogen-bond acceptors (Lipinski definition) is 4. The van der Waals surface area contributed by atoms with Crippen molar-refractivity contribution in [2.75, 3.05) is 23.0 Å². The van der Waals surface area contributed by atoms with E-state index in [-0.39, 0.29) is 11.3 Å². The molecule has 134 valence electrons. The molecule has 0 aliphatic carbocycles. The highest BCUT2D eigenvalue weighted by atomic mass is 35.5. The van der Waals surface area contributed by atoms with Crippen LogP contribution in [-0.2, 0) is 16.6 Å². The van der Waals surface area contributed by atoms with Gasteiger partial charge < -0.3 is 4.90 Å². The first-order chi connectivity index (χ1) is 12.5. The molecule has 0 saturated heterocycles. The molecule has 1 aromatic heterocycles. The molecule has 1 aromatic carbocycles. The quantitative estimate of drug-likeness (QED) is 0.777. The van der Waals surface area contributed by atoms with Gasteiger partial charge in [-0.1, -0.05) is 30.3 Å². The van der Waals surface area contributed by atoms with Gasteiger partial charge >= 0.3 is 0 Å². The van der Waals surface area contributed by atoms with E-state index in [1.54, 1.807) is 12.4 Å². The van der Waals surface area contributed by atoms with Crippen LogP contribution in [0.5, 0.6) is 0 Å². The van der Waals surface area contributed by atoms with Crippen LogP contribution >= 0.6 is 11.6 Å². The summed E-state index contributed by atoms with van der Waals surface area (Å²) in [6.07, 6.45) is 4.27. The summed E-state index contributed by atoms with van der Waals surface area (Å²) < 4.78 is 0. The number of hydrogen-bond donors (Lipinski definition) is 0. The summed E-state index contributed by atoms with van der Waals surface area (Å²) >= 11 is 6.18. The Morgan fingerprint density at radius 3 is 2.69 bits per heavy atom. The first-order valence-corrected chi connectivity index (χ1v) is 9.23. The lowest BCUT2D eigenvalue weighted by Gasteiger charge is -2.24. The molecule has 26 heavy (non-hydrogen) atoms. The van der Waals surface area contributed by atoms with Crippen molar-refractivity contribution in [3.8, 4) is 0 Å². The lowest BCUT2D eigenvalue weighted by atomic mass is 9.90. The van der Waals surface area contributed by atoms with Crippen molar-refractivity contribution in [1.29, 1.82) is 0 Å². The highest BCUT2D eigenvalue weighted by Gasteiger charge is 2.47. The summed E-state index contributed by atoms with van der Waals surface area (Å²) in [7, 11) is 0. The molecule has 0 saturated carbocycles. The Balaban J connectivity index is 1.71.